The van der Waals surface area contributed by atoms with Crippen molar-refractivity contribution in [2.24, 2.45) is 0 Å². The van der Waals surface area contributed by atoms with Crippen LogP contribution in [0.3, 0.4) is 0 Å². The molecule has 1 fully saturated rings. The molecule has 0 aromatic heterocycles. The highest BCUT2D eigenvalue weighted by Crippen LogP contribution is 2.44. The van der Waals surface area contributed by atoms with Gasteiger partial charge in [-0.25, -0.2) is 4.79 Å². The molecule has 1 saturated heterocycles. The number of hydrogen-bond donors (Lipinski definition) is 2. The summed E-state index contributed by atoms with van der Waals surface area (Å²) in [6.45, 7) is 1.47. The maximum absolute atomic E-state index is 13.7. The first kappa shape index (κ1) is 27.4. The first-order valence-electron chi connectivity index (χ1n) is 13.8. The molecule has 8 nitrogen and oxygen atoms in total. The van der Waals surface area contributed by atoms with Gasteiger partial charge in [0.2, 0.25) is 5.91 Å². The van der Waals surface area contributed by atoms with Gasteiger partial charge in [0.1, 0.15) is 12.6 Å². The monoisotopic (exact) mass is 541 g/mol. The molecule has 3 aromatic carbocycles. The van der Waals surface area contributed by atoms with E-state index in [-0.39, 0.29) is 37.4 Å². The Kier molecular flexibility index (Phi) is 8.45. The van der Waals surface area contributed by atoms with Crippen LogP contribution in [-0.4, -0.2) is 71.7 Å². The van der Waals surface area contributed by atoms with Gasteiger partial charge in [0, 0.05) is 31.6 Å². The number of carboxylic acid groups (broad SMARTS) is 1. The Hall–Kier alpha value is -4.17. The zero-order chi connectivity index (χ0) is 28.1. The van der Waals surface area contributed by atoms with E-state index in [1.165, 1.54) is 0 Å². The molecule has 0 saturated carbocycles. The van der Waals surface area contributed by atoms with Crippen LogP contribution in [0, 0.1) is 0 Å². The Labute approximate surface area is 234 Å². The predicted molar refractivity (Wildman–Crippen MR) is 152 cm³/mol. The normalized spacial score (nSPS) is 16.9. The maximum atomic E-state index is 13.7. The second-order valence-electron chi connectivity index (χ2n) is 10.6. The quantitative estimate of drug-likeness (QED) is 0.392. The van der Waals surface area contributed by atoms with E-state index in [2.05, 4.69) is 29.6 Å². The van der Waals surface area contributed by atoms with Gasteiger partial charge in [-0.15, -0.1) is 0 Å². The molecule has 2 amide bonds. The van der Waals surface area contributed by atoms with E-state index in [1.54, 1.807) is 4.90 Å². The number of ether oxygens (including phenoxy) is 1. The molecule has 3 aromatic rings. The molecular weight excluding hydrogens is 506 g/mol. The number of carbonyl (C=O) groups is 3. The predicted octanol–water partition coefficient (Wildman–Crippen LogP) is 4.49. The van der Waals surface area contributed by atoms with E-state index < -0.39 is 18.1 Å². The van der Waals surface area contributed by atoms with E-state index in [0.29, 0.717) is 19.5 Å². The van der Waals surface area contributed by atoms with E-state index in [9.17, 15) is 19.5 Å². The highest BCUT2D eigenvalue weighted by atomic mass is 16.5. The minimum Gasteiger partial charge on any atom is -0.481 e. The van der Waals surface area contributed by atoms with Crippen LogP contribution < -0.4 is 5.32 Å². The molecule has 1 unspecified atom stereocenters. The molecule has 1 heterocycles. The van der Waals surface area contributed by atoms with E-state index in [1.807, 2.05) is 66.5 Å². The second kappa shape index (κ2) is 12.3. The van der Waals surface area contributed by atoms with Gasteiger partial charge in [-0.3, -0.25) is 14.5 Å². The lowest BCUT2D eigenvalue weighted by Crippen LogP contribution is -2.54. The van der Waals surface area contributed by atoms with E-state index >= 15 is 0 Å². The van der Waals surface area contributed by atoms with Crippen LogP contribution in [0.5, 0.6) is 0 Å². The Balaban J connectivity index is 1.28. The van der Waals surface area contributed by atoms with E-state index in [4.69, 9.17) is 4.74 Å². The fourth-order valence-electron chi connectivity index (χ4n) is 5.98. The van der Waals surface area contributed by atoms with Crippen molar-refractivity contribution in [2.45, 2.75) is 43.8 Å². The summed E-state index contributed by atoms with van der Waals surface area (Å²) in [5, 5.41) is 12.2. The number of fused-ring (bicyclic) bond motifs is 3. The zero-order valence-corrected chi connectivity index (χ0v) is 22.7. The number of carboxylic acids is 1. The van der Waals surface area contributed by atoms with Crippen molar-refractivity contribution in [3.8, 4) is 11.1 Å². The van der Waals surface area contributed by atoms with Crippen molar-refractivity contribution in [1.82, 2.24) is 15.1 Å². The van der Waals surface area contributed by atoms with Crippen LogP contribution in [0.4, 0.5) is 4.79 Å². The SMILES string of the molecule is CN(Cc1ccccc1)CC(NC(=O)OCC1c2ccccc2-c2ccccc21)C(=O)N1CCC[C@H]1CC(=O)O. The molecule has 1 aliphatic heterocycles. The summed E-state index contributed by atoms with van der Waals surface area (Å²) in [6.07, 6.45) is 0.599. The molecular formula is C32H35N3O5. The van der Waals surface area contributed by atoms with Gasteiger partial charge in [-0.05, 0) is 47.7 Å². The van der Waals surface area contributed by atoms with Crippen molar-refractivity contribution in [2.75, 3.05) is 26.7 Å². The minimum absolute atomic E-state index is 0.0911. The van der Waals surface area contributed by atoms with Crippen LogP contribution >= 0.6 is 0 Å². The number of aliphatic carboxylic acids is 1. The van der Waals surface area contributed by atoms with E-state index in [0.717, 1.165) is 34.2 Å². The average molecular weight is 542 g/mol. The third kappa shape index (κ3) is 6.18. The fraction of sp³-hybridized carbons (Fsp3) is 0.344. The molecule has 2 aliphatic rings. The molecule has 2 atom stereocenters. The van der Waals surface area contributed by atoms with Crippen LogP contribution in [0.2, 0.25) is 0 Å². The van der Waals surface area contributed by atoms with Gasteiger partial charge in [-0.1, -0.05) is 78.9 Å². The number of nitrogens with zero attached hydrogens (tertiary/aromatic N) is 2. The van der Waals surface area contributed by atoms with Gasteiger partial charge >= 0.3 is 12.1 Å². The molecule has 0 spiro atoms. The third-order valence-corrected chi connectivity index (χ3v) is 7.79. The van der Waals surface area contributed by atoms with Crippen LogP contribution in [0.15, 0.2) is 78.9 Å². The van der Waals surface area contributed by atoms with Crippen LogP contribution in [0.1, 0.15) is 41.9 Å². The lowest BCUT2D eigenvalue weighted by molar-refractivity contribution is -0.140. The Morgan fingerprint density at radius 3 is 2.25 bits per heavy atom. The molecule has 1 aliphatic carbocycles. The van der Waals surface area contributed by atoms with Crippen molar-refractivity contribution in [3.05, 3.63) is 95.6 Å². The summed E-state index contributed by atoms with van der Waals surface area (Å²) >= 11 is 0. The largest absolute Gasteiger partial charge is 0.481 e. The van der Waals surface area contributed by atoms with Gasteiger partial charge in [0.05, 0.1) is 6.42 Å². The van der Waals surface area contributed by atoms with Crippen molar-refractivity contribution < 1.29 is 24.2 Å². The van der Waals surface area contributed by atoms with Crippen molar-refractivity contribution in [1.29, 1.82) is 0 Å². The Morgan fingerprint density at radius 2 is 1.60 bits per heavy atom. The van der Waals surface area contributed by atoms with Crippen molar-refractivity contribution in [3.63, 3.8) is 0 Å². The lowest BCUT2D eigenvalue weighted by atomic mass is 9.98. The van der Waals surface area contributed by atoms with Gasteiger partial charge < -0.3 is 20.1 Å². The standard InChI is InChI=1S/C32H35N3O5/c1-34(19-22-10-3-2-4-11-22)20-29(31(38)35-17-9-12-23(35)18-30(36)37)33-32(39)40-21-28-26-15-7-5-13-24(26)25-14-6-8-16-27(25)28/h2-8,10-11,13-16,23,28-29H,9,12,17-21H2,1H3,(H,33,39)(H,36,37)/t23-,29?/m0/s1. The molecule has 2 N–H and O–H groups in total. The summed E-state index contributed by atoms with van der Waals surface area (Å²) < 4.78 is 5.74. The van der Waals surface area contributed by atoms with Crippen LogP contribution in [-0.2, 0) is 20.9 Å². The Morgan fingerprint density at radius 1 is 0.975 bits per heavy atom. The lowest BCUT2D eigenvalue weighted by Gasteiger charge is -2.31. The summed E-state index contributed by atoms with van der Waals surface area (Å²) in [5.41, 5.74) is 5.59. The Bertz CT molecular complexity index is 1320. The molecule has 0 bridgehead atoms. The highest BCUT2D eigenvalue weighted by molar-refractivity contribution is 5.87. The molecule has 208 valence electrons. The fourth-order valence-corrected chi connectivity index (χ4v) is 5.98. The summed E-state index contributed by atoms with van der Waals surface area (Å²) in [6, 6.07) is 24.9. The number of likely N-dealkylation sites (N-methyl/N-ethyl adjacent to an activating group) is 1. The topological polar surface area (TPSA) is 99.2 Å². The average Bonchev–Trinajstić information content (AvgIpc) is 3.53. The third-order valence-electron chi connectivity index (χ3n) is 7.79. The zero-order valence-electron chi connectivity index (χ0n) is 22.7. The van der Waals surface area contributed by atoms with Gasteiger partial charge in [0.15, 0.2) is 0 Å². The summed E-state index contributed by atoms with van der Waals surface area (Å²) in [4.78, 5) is 41.8. The van der Waals surface area contributed by atoms with Gasteiger partial charge in [-0.2, -0.15) is 0 Å². The molecule has 8 heteroatoms. The number of alkyl carbamates (subject to hydrolysis) is 1. The number of benzene rings is 3. The first-order valence-corrected chi connectivity index (χ1v) is 13.8. The molecule has 5 rings (SSSR count). The minimum atomic E-state index is -0.938. The van der Waals surface area contributed by atoms with Gasteiger partial charge in [0.25, 0.3) is 0 Å². The number of likely N-dealkylation sites (tertiary alicyclic amines) is 1. The second-order valence-corrected chi connectivity index (χ2v) is 10.6. The van der Waals surface area contributed by atoms with Crippen LogP contribution in [0.25, 0.3) is 11.1 Å². The summed E-state index contributed by atoms with van der Waals surface area (Å²) in [5.74, 6) is -1.31. The van der Waals surface area contributed by atoms with Crippen molar-refractivity contribution >= 4 is 18.0 Å². The smallest absolute Gasteiger partial charge is 0.407 e. The number of hydrogen-bond acceptors (Lipinski definition) is 5. The molecule has 0 radical (unpaired) electrons. The number of rotatable bonds is 10. The molecule has 40 heavy (non-hydrogen) atoms. The number of carbonyl (C=O) groups excluding carboxylic acids is 2. The first-order chi connectivity index (χ1) is 19.4. The summed E-state index contributed by atoms with van der Waals surface area (Å²) in [7, 11) is 1.89. The number of amides is 2. The highest BCUT2D eigenvalue weighted by Gasteiger charge is 2.36. The number of nitrogens with one attached hydrogen (secondary N) is 1. The maximum Gasteiger partial charge on any atom is 0.407 e.